The number of aromatic hydroxyl groups is 1. The van der Waals surface area contributed by atoms with Crippen molar-refractivity contribution in [3.8, 4) is 28.7 Å². The van der Waals surface area contributed by atoms with Crippen molar-refractivity contribution in [1.82, 2.24) is 4.90 Å². The van der Waals surface area contributed by atoms with Gasteiger partial charge >= 0.3 is 12.1 Å². The van der Waals surface area contributed by atoms with E-state index in [4.69, 9.17) is 34.2 Å². The fourth-order valence-electron chi connectivity index (χ4n) is 5.37. The molecular formula is C26H30N2O9. The lowest BCUT2D eigenvalue weighted by molar-refractivity contribution is -0.141. The van der Waals surface area contributed by atoms with E-state index in [2.05, 4.69) is 0 Å². The van der Waals surface area contributed by atoms with Crippen LogP contribution in [0.15, 0.2) is 24.3 Å². The molecule has 3 aliphatic rings. The lowest BCUT2D eigenvalue weighted by Crippen LogP contribution is -2.39. The lowest BCUT2D eigenvalue weighted by atomic mass is 9.66. The molecule has 2 aromatic rings. The van der Waals surface area contributed by atoms with Gasteiger partial charge in [0.2, 0.25) is 12.5 Å². The van der Waals surface area contributed by atoms with Crippen LogP contribution in [0.25, 0.3) is 0 Å². The number of nitrogens with two attached hydrogens (primary N) is 1. The van der Waals surface area contributed by atoms with Gasteiger partial charge in [-0.15, -0.1) is 0 Å². The van der Waals surface area contributed by atoms with Crippen molar-refractivity contribution in [2.24, 2.45) is 17.6 Å². The van der Waals surface area contributed by atoms with Crippen LogP contribution >= 0.6 is 0 Å². The number of methoxy groups -OCH3 is 2. The number of hydrogen-bond donors (Lipinski definition) is 2. The number of cyclic esters (lactones) is 1. The van der Waals surface area contributed by atoms with Crippen LogP contribution in [0, 0.1) is 11.8 Å². The van der Waals surface area contributed by atoms with Gasteiger partial charge < -0.3 is 44.2 Å². The molecule has 0 unspecified atom stereocenters. The predicted molar refractivity (Wildman–Crippen MR) is 129 cm³/mol. The van der Waals surface area contributed by atoms with Gasteiger partial charge in [0, 0.05) is 31.0 Å². The summed E-state index contributed by atoms with van der Waals surface area (Å²) >= 11 is 0. The van der Waals surface area contributed by atoms with E-state index in [9.17, 15) is 14.7 Å². The third kappa shape index (κ3) is 4.22. The lowest BCUT2D eigenvalue weighted by Gasteiger charge is -2.39. The Morgan fingerprint density at radius 2 is 1.73 bits per heavy atom. The van der Waals surface area contributed by atoms with E-state index >= 15 is 0 Å². The van der Waals surface area contributed by atoms with Crippen LogP contribution in [-0.2, 0) is 14.3 Å². The Kier molecular flexibility index (Phi) is 6.63. The molecule has 11 heteroatoms. The van der Waals surface area contributed by atoms with Gasteiger partial charge in [0.15, 0.2) is 23.0 Å². The standard InChI is InChI=1S/C26H30N2O9/c1-28(6-4-5-27)26(31)37-24-15-10-18-17(35-12-36-18)9-14(15)21(22-16(24)11-34-25(22)30)13-7-19(32-2)23(29)20(8-13)33-3/h7-10,16,21-22,24,29H,4-6,11-12,27H2,1-3H3/t16-,21+,22-,24+/m0/s1. The number of rotatable bonds is 7. The summed E-state index contributed by atoms with van der Waals surface area (Å²) in [5, 5.41) is 10.5. The zero-order chi connectivity index (χ0) is 26.3. The monoisotopic (exact) mass is 514 g/mol. The first-order chi connectivity index (χ1) is 17.9. The van der Waals surface area contributed by atoms with Crippen LogP contribution in [0.3, 0.4) is 0 Å². The number of phenols is 1. The molecule has 3 N–H and O–H groups in total. The second kappa shape index (κ2) is 9.89. The van der Waals surface area contributed by atoms with Crippen molar-refractivity contribution in [2.75, 3.05) is 47.8 Å². The smallest absolute Gasteiger partial charge is 0.410 e. The summed E-state index contributed by atoms with van der Waals surface area (Å²) in [7, 11) is 4.52. The highest BCUT2D eigenvalue weighted by atomic mass is 16.7. The molecule has 0 aromatic heterocycles. The molecule has 5 rings (SSSR count). The maximum Gasteiger partial charge on any atom is 0.410 e. The zero-order valence-corrected chi connectivity index (χ0v) is 20.9. The normalized spacial score (nSPS) is 23.1. The van der Waals surface area contributed by atoms with Gasteiger partial charge in [0.05, 0.1) is 26.7 Å². The highest BCUT2D eigenvalue weighted by Crippen LogP contribution is 2.56. The van der Waals surface area contributed by atoms with Crippen LogP contribution in [0.2, 0.25) is 0 Å². The average molecular weight is 515 g/mol. The van der Waals surface area contributed by atoms with Gasteiger partial charge in [-0.25, -0.2) is 4.79 Å². The number of amides is 1. The van der Waals surface area contributed by atoms with E-state index in [1.54, 1.807) is 25.2 Å². The maximum absolute atomic E-state index is 13.2. The van der Waals surface area contributed by atoms with E-state index in [-0.39, 0.29) is 30.6 Å². The van der Waals surface area contributed by atoms with Gasteiger partial charge in [0.25, 0.3) is 0 Å². The van der Waals surface area contributed by atoms with Gasteiger partial charge in [-0.05, 0) is 48.4 Å². The zero-order valence-electron chi connectivity index (χ0n) is 20.9. The average Bonchev–Trinajstić information content (AvgIpc) is 3.52. The van der Waals surface area contributed by atoms with E-state index in [1.165, 1.54) is 19.1 Å². The highest BCUT2D eigenvalue weighted by molar-refractivity contribution is 5.79. The summed E-state index contributed by atoms with van der Waals surface area (Å²) in [6.07, 6.45) is -0.649. The first-order valence-electron chi connectivity index (χ1n) is 12.0. The number of esters is 1. The van der Waals surface area contributed by atoms with Gasteiger partial charge in [-0.1, -0.05) is 0 Å². The summed E-state index contributed by atoms with van der Waals surface area (Å²) < 4.78 is 33.6. The molecule has 11 nitrogen and oxygen atoms in total. The minimum atomic E-state index is -0.758. The van der Waals surface area contributed by atoms with Crippen LogP contribution in [-0.4, -0.2) is 69.8 Å². The molecular weight excluding hydrogens is 484 g/mol. The summed E-state index contributed by atoms with van der Waals surface area (Å²) in [6, 6.07) is 6.96. The minimum absolute atomic E-state index is 0.0604. The molecule has 0 radical (unpaired) electrons. The van der Waals surface area contributed by atoms with Crippen LogP contribution < -0.4 is 24.7 Å². The number of benzene rings is 2. The number of phenolic OH excluding ortho intramolecular Hbond substituents is 1. The third-order valence-electron chi connectivity index (χ3n) is 7.22. The van der Waals surface area contributed by atoms with Crippen molar-refractivity contribution in [1.29, 1.82) is 0 Å². The number of nitrogens with zero attached hydrogens (tertiary/aromatic N) is 1. The SMILES string of the molecule is COc1cc([C@@H]2c3cc4c(cc3[C@@H](OC(=O)N(C)CCCN)[C@H]3COC(=O)[C@H]23)OCO4)cc(OC)c1O. The quantitative estimate of drug-likeness (QED) is 0.530. The molecule has 1 fully saturated rings. The number of fused-ring (bicyclic) bond motifs is 3. The van der Waals surface area contributed by atoms with Crippen molar-refractivity contribution < 1.29 is 43.1 Å². The first-order valence-corrected chi connectivity index (χ1v) is 12.0. The Labute approximate surface area is 213 Å². The second-order valence-corrected chi connectivity index (χ2v) is 9.27. The molecule has 1 saturated heterocycles. The Hall–Kier alpha value is -3.86. The van der Waals surface area contributed by atoms with Gasteiger partial charge in [0.1, 0.15) is 6.10 Å². The molecule has 37 heavy (non-hydrogen) atoms. The molecule has 1 aliphatic carbocycles. The Balaban J connectivity index is 1.64. The Morgan fingerprint density at radius 3 is 2.35 bits per heavy atom. The van der Waals surface area contributed by atoms with Crippen molar-refractivity contribution in [2.45, 2.75) is 18.4 Å². The molecule has 0 saturated carbocycles. The molecule has 2 aliphatic heterocycles. The second-order valence-electron chi connectivity index (χ2n) is 9.27. The summed E-state index contributed by atoms with van der Waals surface area (Å²) in [5.41, 5.74) is 7.68. The van der Waals surface area contributed by atoms with E-state index < -0.39 is 35.9 Å². The molecule has 4 atom stereocenters. The summed E-state index contributed by atoms with van der Waals surface area (Å²) in [6.45, 7) is 1.03. The van der Waals surface area contributed by atoms with Crippen molar-refractivity contribution in [3.63, 3.8) is 0 Å². The number of ether oxygens (including phenoxy) is 6. The molecule has 1 amide bonds. The van der Waals surface area contributed by atoms with E-state index in [1.807, 2.05) is 6.07 Å². The Bertz CT molecular complexity index is 1190. The number of carbonyl (C=O) groups excluding carboxylic acids is 2. The third-order valence-corrected chi connectivity index (χ3v) is 7.22. The molecule has 0 bridgehead atoms. The van der Waals surface area contributed by atoms with E-state index in [0.717, 1.165) is 5.56 Å². The first kappa shape index (κ1) is 24.8. The maximum atomic E-state index is 13.2. The summed E-state index contributed by atoms with van der Waals surface area (Å²) in [4.78, 5) is 27.6. The molecule has 2 heterocycles. The van der Waals surface area contributed by atoms with E-state index in [0.29, 0.717) is 42.1 Å². The Morgan fingerprint density at radius 1 is 1.08 bits per heavy atom. The van der Waals surface area contributed by atoms with Crippen LogP contribution in [0.1, 0.15) is 35.1 Å². The largest absolute Gasteiger partial charge is 0.502 e. The fraction of sp³-hybridized carbons (Fsp3) is 0.462. The van der Waals surface area contributed by atoms with Gasteiger partial charge in [-0.3, -0.25) is 4.79 Å². The van der Waals surface area contributed by atoms with Gasteiger partial charge in [-0.2, -0.15) is 0 Å². The molecule has 0 spiro atoms. The minimum Gasteiger partial charge on any atom is -0.502 e. The predicted octanol–water partition coefficient (Wildman–Crippen LogP) is 2.53. The van der Waals surface area contributed by atoms with Crippen LogP contribution in [0.4, 0.5) is 4.79 Å². The molecule has 198 valence electrons. The van der Waals surface area contributed by atoms with Crippen molar-refractivity contribution in [3.05, 3.63) is 41.0 Å². The number of hydrogen-bond acceptors (Lipinski definition) is 10. The van der Waals surface area contributed by atoms with Crippen molar-refractivity contribution >= 4 is 12.1 Å². The summed E-state index contributed by atoms with van der Waals surface area (Å²) in [5.74, 6) is -0.727. The fourth-order valence-corrected chi connectivity index (χ4v) is 5.37. The van der Waals surface area contributed by atoms with Crippen LogP contribution in [0.5, 0.6) is 28.7 Å². The topological polar surface area (TPSA) is 139 Å². The molecule has 2 aromatic carbocycles. The number of carbonyl (C=O) groups is 2. The highest BCUT2D eigenvalue weighted by Gasteiger charge is 2.54.